The molecule has 2 rings (SSSR count). The minimum absolute atomic E-state index is 0.0323. The first-order valence-electron chi connectivity index (χ1n) is 4.28. The number of hydrogen-bond donors (Lipinski definition) is 1. The zero-order valence-corrected chi connectivity index (χ0v) is 8.17. The second-order valence-corrected chi connectivity index (χ2v) is 4.06. The maximum absolute atomic E-state index is 11.4. The molecule has 4 nitrogen and oxygen atoms in total. The Morgan fingerprint density at radius 1 is 1.64 bits per heavy atom. The molecule has 1 aliphatic heterocycles. The van der Waals surface area contributed by atoms with E-state index in [9.17, 15) is 9.59 Å². The van der Waals surface area contributed by atoms with Gasteiger partial charge in [-0.25, -0.2) is 0 Å². The zero-order chi connectivity index (χ0) is 9.97. The Morgan fingerprint density at radius 3 is 3.07 bits per heavy atom. The van der Waals surface area contributed by atoms with Gasteiger partial charge in [-0.15, -0.1) is 0 Å². The first kappa shape index (κ1) is 9.33. The molecule has 1 saturated heterocycles. The molecule has 1 aromatic rings. The second-order valence-electron chi connectivity index (χ2n) is 2.96. The topological polar surface area (TPSA) is 59.3 Å². The van der Waals surface area contributed by atoms with Crippen LogP contribution in [-0.4, -0.2) is 22.8 Å². The summed E-state index contributed by atoms with van der Waals surface area (Å²) in [5.41, 5.74) is 0. The minimum Gasteiger partial charge on any atom is -0.459 e. The summed E-state index contributed by atoms with van der Waals surface area (Å²) < 4.78 is 4.91. The fourth-order valence-corrected chi connectivity index (χ4v) is 2.20. The van der Waals surface area contributed by atoms with Crippen molar-refractivity contribution in [2.24, 2.45) is 0 Å². The summed E-state index contributed by atoms with van der Waals surface area (Å²) in [7, 11) is 0. The van der Waals surface area contributed by atoms with E-state index >= 15 is 0 Å². The van der Waals surface area contributed by atoms with Crippen molar-refractivity contribution in [2.75, 3.05) is 5.75 Å². The average molecular weight is 211 g/mol. The highest BCUT2D eigenvalue weighted by Gasteiger charge is 2.27. The summed E-state index contributed by atoms with van der Waals surface area (Å²) in [6, 6.07) is 2.86. The summed E-state index contributed by atoms with van der Waals surface area (Å²) in [4.78, 5) is 22.6. The van der Waals surface area contributed by atoms with E-state index in [-0.39, 0.29) is 22.8 Å². The lowest BCUT2D eigenvalue weighted by Gasteiger charge is -2.07. The molecule has 1 amide bonds. The molecule has 1 fully saturated rings. The van der Waals surface area contributed by atoms with Crippen molar-refractivity contribution in [2.45, 2.75) is 12.5 Å². The third-order valence-electron chi connectivity index (χ3n) is 1.99. The maximum Gasteiger partial charge on any atom is 0.287 e. The average Bonchev–Trinajstić information content (AvgIpc) is 2.77. The number of furan rings is 1. The Bertz CT molecular complexity index is 347. The van der Waals surface area contributed by atoms with E-state index in [0.29, 0.717) is 6.42 Å². The van der Waals surface area contributed by atoms with Crippen molar-refractivity contribution in [3.8, 4) is 0 Å². The van der Waals surface area contributed by atoms with E-state index in [0.717, 1.165) is 5.75 Å². The van der Waals surface area contributed by atoms with Crippen molar-refractivity contribution in [1.82, 2.24) is 5.32 Å². The van der Waals surface area contributed by atoms with Gasteiger partial charge in [0.1, 0.15) is 0 Å². The van der Waals surface area contributed by atoms with Crippen LogP contribution in [0.3, 0.4) is 0 Å². The Labute approximate surface area is 85.0 Å². The Hall–Kier alpha value is -1.23. The third-order valence-corrected chi connectivity index (χ3v) is 2.99. The molecule has 1 unspecified atom stereocenters. The molecule has 0 spiro atoms. The van der Waals surface area contributed by atoms with Crippen LogP contribution in [0.2, 0.25) is 0 Å². The second kappa shape index (κ2) is 3.88. The fraction of sp³-hybridized carbons (Fsp3) is 0.333. The molecule has 1 aliphatic rings. The standard InChI is InChI=1S/C9H9NO3S/c11-8(7-2-1-4-13-7)10-6-3-5-14-9(6)12/h1-2,4,6H,3,5H2,(H,10,11). The van der Waals surface area contributed by atoms with Gasteiger partial charge in [0.2, 0.25) is 5.12 Å². The molecule has 14 heavy (non-hydrogen) atoms. The number of nitrogens with one attached hydrogen (secondary N) is 1. The number of thioether (sulfide) groups is 1. The van der Waals surface area contributed by atoms with Crippen molar-refractivity contribution < 1.29 is 14.0 Å². The number of amides is 1. The molecule has 74 valence electrons. The van der Waals surface area contributed by atoms with Gasteiger partial charge in [0.05, 0.1) is 12.3 Å². The van der Waals surface area contributed by atoms with Crippen LogP contribution in [0.1, 0.15) is 17.0 Å². The molecule has 0 aliphatic carbocycles. The van der Waals surface area contributed by atoms with Crippen molar-refractivity contribution in [1.29, 1.82) is 0 Å². The number of hydrogen-bond acceptors (Lipinski definition) is 4. The predicted molar refractivity (Wildman–Crippen MR) is 52.0 cm³/mol. The minimum atomic E-state index is -0.349. The normalized spacial score (nSPS) is 21.1. The lowest BCUT2D eigenvalue weighted by atomic mass is 10.2. The summed E-state index contributed by atoms with van der Waals surface area (Å²) in [6.07, 6.45) is 2.14. The molecule has 0 bridgehead atoms. The molecule has 1 N–H and O–H groups in total. The van der Waals surface area contributed by atoms with Gasteiger partial charge in [-0.3, -0.25) is 9.59 Å². The number of carbonyl (C=O) groups excluding carboxylic acids is 2. The van der Waals surface area contributed by atoms with E-state index < -0.39 is 0 Å². The van der Waals surface area contributed by atoms with Gasteiger partial charge in [0.25, 0.3) is 5.91 Å². The Balaban J connectivity index is 1.98. The van der Waals surface area contributed by atoms with Gasteiger partial charge < -0.3 is 9.73 Å². The smallest absolute Gasteiger partial charge is 0.287 e. The quantitative estimate of drug-likeness (QED) is 0.794. The number of rotatable bonds is 2. The molecular formula is C9H9NO3S. The molecule has 1 atom stereocenters. The number of carbonyl (C=O) groups is 2. The highest BCUT2D eigenvalue weighted by atomic mass is 32.2. The fourth-order valence-electron chi connectivity index (χ4n) is 1.26. The van der Waals surface area contributed by atoms with Crippen LogP contribution >= 0.6 is 11.8 Å². The zero-order valence-electron chi connectivity index (χ0n) is 7.36. The highest BCUT2D eigenvalue weighted by Crippen LogP contribution is 2.19. The first-order chi connectivity index (χ1) is 6.77. The van der Waals surface area contributed by atoms with Crippen LogP contribution < -0.4 is 5.32 Å². The van der Waals surface area contributed by atoms with Crippen LogP contribution in [-0.2, 0) is 4.79 Å². The van der Waals surface area contributed by atoms with Crippen LogP contribution in [0.15, 0.2) is 22.8 Å². The van der Waals surface area contributed by atoms with Gasteiger partial charge in [0, 0.05) is 5.75 Å². The molecule has 2 heterocycles. The van der Waals surface area contributed by atoms with E-state index in [4.69, 9.17) is 4.42 Å². The Morgan fingerprint density at radius 2 is 2.50 bits per heavy atom. The summed E-state index contributed by atoms with van der Waals surface area (Å²) in [5, 5.41) is 2.66. The van der Waals surface area contributed by atoms with Crippen molar-refractivity contribution in [3.63, 3.8) is 0 Å². The predicted octanol–water partition coefficient (Wildman–Crippen LogP) is 1.04. The van der Waals surface area contributed by atoms with Crippen molar-refractivity contribution >= 4 is 22.8 Å². The van der Waals surface area contributed by atoms with Gasteiger partial charge in [0.15, 0.2) is 5.76 Å². The van der Waals surface area contributed by atoms with E-state index in [1.54, 1.807) is 12.1 Å². The molecule has 0 saturated carbocycles. The monoisotopic (exact) mass is 211 g/mol. The molecule has 5 heteroatoms. The summed E-state index contributed by atoms with van der Waals surface area (Å²) >= 11 is 1.26. The van der Waals surface area contributed by atoms with Gasteiger partial charge >= 0.3 is 0 Å². The molecule has 1 aromatic heterocycles. The van der Waals surface area contributed by atoms with Gasteiger partial charge in [-0.1, -0.05) is 11.8 Å². The van der Waals surface area contributed by atoms with E-state index in [2.05, 4.69) is 5.32 Å². The molecule has 0 radical (unpaired) electrons. The van der Waals surface area contributed by atoms with Gasteiger partial charge in [-0.2, -0.15) is 0 Å². The van der Waals surface area contributed by atoms with Crippen LogP contribution in [0.25, 0.3) is 0 Å². The lowest BCUT2D eigenvalue weighted by molar-refractivity contribution is -0.112. The summed E-state index contributed by atoms with van der Waals surface area (Å²) in [6.45, 7) is 0. The lowest BCUT2D eigenvalue weighted by Crippen LogP contribution is -2.36. The van der Waals surface area contributed by atoms with Gasteiger partial charge in [-0.05, 0) is 18.6 Å². The van der Waals surface area contributed by atoms with E-state index in [1.807, 2.05) is 0 Å². The highest BCUT2D eigenvalue weighted by molar-refractivity contribution is 8.14. The van der Waals surface area contributed by atoms with Crippen LogP contribution in [0.5, 0.6) is 0 Å². The summed E-state index contributed by atoms with van der Waals surface area (Å²) in [5.74, 6) is 0.702. The largest absolute Gasteiger partial charge is 0.459 e. The SMILES string of the molecule is O=C(NC1CCSC1=O)c1ccco1. The first-order valence-corrected chi connectivity index (χ1v) is 5.27. The van der Waals surface area contributed by atoms with Crippen LogP contribution in [0.4, 0.5) is 0 Å². The maximum atomic E-state index is 11.4. The van der Waals surface area contributed by atoms with E-state index in [1.165, 1.54) is 18.0 Å². The molecule has 0 aromatic carbocycles. The Kier molecular flexibility index (Phi) is 2.58. The van der Waals surface area contributed by atoms with Crippen molar-refractivity contribution in [3.05, 3.63) is 24.2 Å². The molecular weight excluding hydrogens is 202 g/mol. The van der Waals surface area contributed by atoms with Crippen LogP contribution in [0, 0.1) is 0 Å². The third kappa shape index (κ3) is 1.82.